The van der Waals surface area contributed by atoms with Crippen LogP contribution < -0.4 is 4.90 Å². The fraction of sp³-hybridized carbons (Fsp3) is 0.500. The second-order valence-electron chi connectivity index (χ2n) is 5.54. The van der Waals surface area contributed by atoms with Crippen molar-refractivity contribution in [2.75, 3.05) is 11.4 Å². The summed E-state index contributed by atoms with van der Waals surface area (Å²) in [5, 5.41) is 0. The lowest BCUT2D eigenvalue weighted by Crippen LogP contribution is -2.23. The van der Waals surface area contributed by atoms with Crippen LogP contribution in [0.1, 0.15) is 48.9 Å². The van der Waals surface area contributed by atoms with E-state index < -0.39 is 0 Å². The Labute approximate surface area is 113 Å². The van der Waals surface area contributed by atoms with Crippen molar-refractivity contribution in [2.45, 2.75) is 38.5 Å². The van der Waals surface area contributed by atoms with Crippen molar-refractivity contribution in [3.63, 3.8) is 0 Å². The highest BCUT2D eigenvalue weighted by Crippen LogP contribution is 2.29. The van der Waals surface area contributed by atoms with Crippen LogP contribution in [-0.2, 0) is 4.79 Å². The number of anilines is 1. The number of carbonyl (C=O) groups is 2. The van der Waals surface area contributed by atoms with Gasteiger partial charge in [0.15, 0.2) is 5.78 Å². The quantitative estimate of drug-likeness (QED) is 0.780. The average molecular weight is 257 g/mol. The SMILES string of the molecule is O=C(c1ccc(N2CCCC2=O)cc1)C1CCCC1. The highest BCUT2D eigenvalue weighted by Gasteiger charge is 2.25. The summed E-state index contributed by atoms with van der Waals surface area (Å²) in [6.07, 6.45) is 5.99. The molecule has 0 spiro atoms. The van der Waals surface area contributed by atoms with Crippen LogP contribution in [0.15, 0.2) is 24.3 Å². The average Bonchev–Trinajstić information content (AvgIpc) is 3.09. The molecule has 1 saturated heterocycles. The predicted molar refractivity (Wildman–Crippen MR) is 74.3 cm³/mol. The van der Waals surface area contributed by atoms with E-state index in [4.69, 9.17) is 0 Å². The lowest BCUT2D eigenvalue weighted by atomic mass is 9.96. The van der Waals surface area contributed by atoms with Crippen LogP contribution in [0.3, 0.4) is 0 Å². The summed E-state index contributed by atoms with van der Waals surface area (Å²) in [7, 11) is 0. The van der Waals surface area contributed by atoms with Gasteiger partial charge in [0, 0.05) is 30.1 Å². The van der Waals surface area contributed by atoms with Crippen LogP contribution in [0.25, 0.3) is 0 Å². The van der Waals surface area contributed by atoms with E-state index in [1.807, 2.05) is 29.2 Å². The number of hydrogen-bond acceptors (Lipinski definition) is 2. The Hall–Kier alpha value is -1.64. The highest BCUT2D eigenvalue weighted by atomic mass is 16.2. The molecular weight excluding hydrogens is 238 g/mol. The molecule has 1 saturated carbocycles. The summed E-state index contributed by atoms with van der Waals surface area (Å²) in [5.41, 5.74) is 1.72. The minimum absolute atomic E-state index is 0.190. The fourth-order valence-corrected chi connectivity index (χ4v) is 3.15. The number of rotatable bonds is 3. The largest absolute Gasteiger partial charge is 0.312 e. The third-order valence-corrected chi connectivity index (χ3v) is 4.26. The maximum absolute atomic E-state index is 12.3. The number of carbonyl (C=O) groups excluding carboxylic acids is 2. The topological polar surface area (TPSA) is 37.4 Å². The summed E-state index contributed by atoms with van der Waals surface area (Å²) in [5.74, 6) is 0.686. The van der Waals surface area contributed by atoms with Crippen LogP contribution >= 0.6 is 0 Å². The summed E-state index contributed by atoms with van der Waals surface area (Å²) in [6.45, 7) is 0.800. The first-order chi connectivity index (χ1) is 9.25. The fourth-order valence-electron chi connectivity index (χ4n) is 3.15. The summed E-state index contributed by atoms with van der Waals surface area (Å²) in [4.78, 5) is 25.7. The molecule has 19 heavy (non-hydrogen) atoms. The van der Waals surface area contributed by atoms with E-state index in [1.54, 1.807) is 0 Å². The van der Waals surface area contributed by atoms with E-state index >= 15 is 0 Å². The molecule has 0 N–H and O–H groups in total. The van der Waals surface area contributed by atoms with Gasteiger partial charge in [-0.15, -0.1) is 0 Å². The molecule has 1 heterocycles. The number of ketones is 1. The van der Waals surface area contributed by atoms with Gasteiger partial charge in [0.25, 0.3) is 0 Å². The zero-order valence-corrected chi connectivity index (χ0v) is 11.1. The smallest absolute Gasteiger partial charge is 0.227 e. The second kappa shape index (κ2) is 5.16. The minimum atomic E-state index is 0.190. The Bertz CT molecular complexity index is 486. The third kappa shape index (κ3) is 2.42. The Morgan fingerprint density at radius 3 is 2.32 bits per heavy atom. The van der Waals surface area contributed by atoms with Crippen molar-refractivity contribution >= 4 is 17.4 Å². The first-order valence-corrected chi connectivity index (χ1v) is 7.20. The number of amides is 1. The van der Waals surface area contributed by atoms with E-state index in [1.165, 1.54) is 12.8 Å². The molecule has 3 nitrogen and oxygen atoms in total. The molecule has 0 bridgehead atoms. The van der Waals surface area contributed by atoms with Gasteiger partial charge in [-0.3, -0.25) is 9.59 Å². The Balaban J connectivity index is 1.75. The van der Waals surface area contributed by atoms with Crippen LogP contribution in [-0.4, -0.2) is 18.2 Å². The molecule has 1 amide bonds. The van der Waals surface area contributed by atoms with Crippen molar-refractivity contribution in [1.29, 1.82) is 0 Å². The molecule has 1 aliphatic carbocycles. The number of hydrogen-bond donors (Lipinski definition) is 0. The van der Waals surface area contributed by atoms with E-state index in [9.17, 15) is 9.59 Å². The van der Waals surface area contributed by atoms with Crippen molar-refractivity contribution in [3.05, 3.63) is 29.8 Å². The van der Waals surface area contributed by atoms with Gasteiger partial charge in [-0.25, -0.2) is 0 Å². The lowest BCUT2D eigenvalue weighted by Gasteiger charge is -2.16. The summed E-state index contributed by atoms with van der Waals surface area (Å²) < 4.78 is 0. The molecule has 0 radical (unpaired) electrons. The molecule has 1 aliphatic heterocycles. The molecule has 3 rings (SSSR count). The highest BCUT2D eigenvalue weighted by molar-refractivity contribution is 5.99. The molecule has 1 aromatic rings. The normalized spacial score (nSPS) is 20.2. The molecule has 1 aromatic carbocycles. The second-order valence-corrected chi connectivity index (χ2v) is 5.54. The maximum atomic E-state index is 12.3. The molecule has 3 heteroatoms. The van der Waals surface area contributed by atoms with Crippen LogP contribution in [0.2, 0.25) is 0 Å². The standard InChI is InChI=1S/C16H19NO2/c18-15-6-3-11-17(15)14-9-7-13(8-10-14)16(19)12-4-1-2-5-12/h7-10,12H,1-6,11H2. The Morgan fingerprint density at radius 1 is 1.05 bits per heavy atom. The van der Waals surface area contributed by atoms with Gasteiger partial charge in [0.1, 0.15) is 0 Å². The monoisotopic (exact) mass is 257 g/mol. The number of Topliss-reactive ketones (excluding diaryl/α,β-unsaturated/α-hetero) is 1. The van der Waals surface area contributed by atoms with Crippen molar-refractivity contribution in [3.8, 4) is 0 Å². The Kier molecular flexibility index (Phi) is 3.36. The molecule has 0 atom stereocenters. The number of nitrogens with zero attached hydrogens (tertiary/aromatic N) is 1. The van der Waals surface area contributed by atoms with Gasteiger partial charge in [-0.2, -0.15) is 0 Å². The summed E-state index contributed by atoms with van der Waals surface area (Å²) >= 11 is 0. The van der Waals surface area contributed by atoms with Crippen LogP contribution in [0.4, 0.5) is 5.69 Å². The molecule has 100 valence electrons. The van der Waals surface area contributed by atoms with Gasteiger partial charge in [0.2, 0.25) is 5.91 Å². The van der Waals surface area contributed by atoms with E-state index in [2.05, 4.69) is 0 Å². The van der Waals surface area contributed by atoms with E-state index in [-0.39, 0.29) is 17.6 Å². The zero-order chi connectivity index (χ0) is 13.2. The van der Waals surface area contributed by atoms with Crippen molar-refractivity contribution in [2.24, 2.45) is 5.92 Å². The van der Waals surface area contributed by atoms with Crippen LogP contribution in [0, 0.1) is 5.92 Å². The minimum Gasteiger partial charge on any atom is -0.312 e. The molecule has 0 aromatic heterocycles. The van der Waals surface area contributed by atoms with Gasteiger partial charge in [0.05, 0.1) is 0 Å². The predicted octanol–water partition coefficient (Wildman–Crippen LogP) is 3.19. The van der Waals surface area contributed by atoms with E-state index in [0.717, 1.165) is 37.1 Å². The first-order valence-electron chi connectivity index (χ1n) is 7.20. The van der Waals surface area contributed by atoms with E-state index in [0.29, 0.717) is 6.42 Å². The molecular formula is C16H19NO2. The van der Waals surface area contributed by atoms with Crippen molar-refractivity contribution in [1.82, 2.24) is 0 Å². The molecule has 2 fully saturated rings. The third-order valence-electron chi connectivity index (χ3n) is 4.26. The van der Waals surface area contributed by atoms with Crippen LogP contribution in [0.5, 0.6) is 0 Å². The van der Waals surface area contributed by atoms with Gasteiger partial charge >= 0.3 is 0 Å². The first kappa shape index (κ1) is 12.4. The lowest BCUT2D eigenvalue weighted by molar-refractivity contribution is -0.117. The number of benzene rings is 1. The zero-order valence-electron chi connectivity index (χ0n) is 11.1. The molecule has 0 unspecified atom stereocenters. The molecule has 2 aliphatic rings. The maximum Gasteiger partial charge on any atom is 0.227 e. The van der Waals surface area contributed by atoms with Gasteiger partial charge in [-0.1, -0.05) is 12.8 Å². The van der Waals surface area contributed by atoms with Crippen molar-refractivity contribution < 1.29 is 9.59 Å². The van der Waals surface area contributed by atoms with Gasteiger partial charge < -0.3 is 4.90 Å². The Morgan fingerprint density at radius 2 is 1.74 bits per heavy atom. The van der Waals surface area contributed by atoms with Gasteiger partial charge in [-0.05, 0) is 43.5 Å². The summed E-state index contributed by atoms with van der Waals surface area (Å²) in [6, 6.07) is 7.57.